The van der Waals surface area contributed by atoms with Gasteiger partial charge >= 0.3 is 0 Å². The molecule has 0 aliphatic heterocycles. The van der Waals surface area contributed by atoms with E-state index in [0.717, 1.165) is 0 Å². The molecule has 1 heterocycles. The minimum Gasteiger partial charge on any atom is -0.859 e. The molecule has 3 nitrogen and oxygen atoms in total. The average Bonchev–Trinajstić information content (AvgIpc) is 1.86. The molecule has 0 aliphatic carbocycles. The molecule has 1 rings (SSSR count). The van der Waals surface area contributed by atoms with Gasteiger partial charge in [0.25, 0.3) is 0 Å². The molecule has 32 valence electrons. The van der Waals surface area contributed by atoms with Crippen LogP contribution in [0.5, 0.6) is 5.88 Å². The van der Waals surface area contributed by atoms with E-state index >= 15 is 0 Å². The Kier molecular flexibility index (Phi) is 0.538. The van der Waals surface area contributed by atoms with Crippen molar-refractivity contribution in [3.63, 3.8) is 0 Å². The quantitative estimate of drug-likeness (QED) is 0.459. The van der Waals surface area contributed by atoms with Gasteiger partial charge in [0.15, 0.2) is 0 Å². The van der Waals surface area contributed by atoms with Gasteiger partial charge in [0.05, 0.1) is 0 Å². The van der Waals surface area contributed by atoms with Gasteiger partial charge in [-0.1, -0.05) is 0 Å². The molecule has 0 unspecified atom stereocenters. The lowest BCUT2D eigenvalue weighted by molar-refractivity contribution is -0.275. The van der Waals surface area contributed by atoms with Crippen LogP contribution in [0.1, 0.15) is 0 Å². The highest BCUT2D eigenvalue weighted by atomic mass is 16.3. The van der Waals surface area contributed by atoms with E-state index in [9.17, 15) is 5.11 Å². The average molecular weight is 83.1 g/mol. The molecule has 0 radical (unpaired) electrons. The largest absolute Gasteiger partial charge is 0.859 e. The van der Waals surface area contributed by atoms with Gasteiger partial charge in [-0.2, -0.15) is 5.10 Å². The molecule has 0 spiro atoms. The summed E-state index contributed by atoms with van der Waals surface area (Å²) in [5, 5.41) is 15.5. The first-order chi connectivity index (χ1) is 2.89. The van der Waals surface area contributed by atoms with Crippen molar-refractivity contribution in [1.82, 2.24) is 10.2 Å². The summed E-state index contributed by atoms with van der Waals surface area (Å²) in [4.78, 5) is 0. The SMILES string of the molecule is [O-]c1ccn[nH]1. The van der Waals surface area contributed by atoms with Crippen molar-refractivity contribution in [2.24, 2.45) is 0 Å². The van der Waals surface area contributed by atoms with Gasteiger partial charge in [-0.15, -0.1) is 0 Å². The monoisotopic (exact) mass is 83.0 g/mol. The van der Waals surface area contributed by atoms with Crippen LogP contribution in [-0.4, -0.2) is 10.2 Å². The van der Waals surface area contributed by atoms with E-state index in [2.05, 4.69) is 10.2 Å². The molecule has 0 atom stereocenters. The van der Waals surface area contributed by atoms with Crippen molar-refractivity contribution in [3.8, 4) is 5.88 Å². The van der Waals surface area contributed by atoms with Gasteiger partial charge in [0.2, 0.25) is 0 Å². The summed E-state index contributed by atoms with van der Waals surface area (Å²) in [6.07, 6.45) is 1.42. The lowest BCUT2D eigenvalue weighted by atomic mass is 10.7. The molecule has 3 heteroatoms. The highest BCUT2D eigenvalue weighted by Gasteiger charge is 1.65. The van der Waals surface area contributed by atoms with Crippen LogP contribution in [0.25, 0.3) is 0 Å². The molecule has 0 fully saturated rings. The maximum atomic E-state index is 9.95. The van der Waals surface area contributed by atoms with Crippen LogP contribution in [0.15, 0.2) is 12.3 Å². The molecule has 0 aromatic carbocycles. The Balaban J connectivity index is 3.05. The first-order valence-corrected chi connectivity index (χ1v) is 1.56. The number of rotatable bonds is 0. The molecule has 1 aromatic heterocycles. The summed E-state index contributed by atoms with van der Waals surface area (Å²) in [5.41, 5.74) is 0. The van der Waals surface area contributed by atoms with E-state index < -0.39 is 0 Å². The Morgan fingerprint density at radius 2 is 2.67 bits per heavy atom. The molecule has 0 aliphatic rings. The second kappa shape index (κ2) is 1.01. The zero-order valence-electron chi connectivity index (χ0n) is 3.01. The van der Waals surface area contributed by atoms with Gasteiger partial charge in [-0.25, -0.2) is 0 Å². The Hall–Kier alpha value is -0.990. The Bertz CT molecular complexity index is 112. The van der Waals surface area contributed by atoms with Gasteiger partial charge in [0, 0.05) is 6.20 Å². The summed E-state index contributed by atoms with van der Waals surface area (Å²) in [6.45, 7) is 0. The van der Waals surface area contributed by atoms with Gasteiger partial charge in [-0.05, 0) is 11.9 Å². The molecule has 0 saturated carbocycles. The van der Waals surface area contributed by atoms with Crippen LogP contribution in [0, 0.1) is 0 Å². The summed E-state index contributed by atoms with van der Waals surface area (Å²) < 4.78 is 0. The minimum absolute atomic E-state index is 0.144. The molecular formula is C3H3N2O-. The lowest BCUT2D eigenvalue weighted by Gasteiger charge is -1.90. The van der Waals surface area contributed by atoms with Gasteiger partial charge in [-0.3, -0.25) is 5.10 Å². The first-order valence-electron chi connectivity index (χ1n) is 1.56. The van der Waals surface area contributed by atoms with Crippen molar-refractivity contribution in [2.75, 3.05) is 0 Å². The number of hydrogen-bond acceptors (Lipinski definition) is 2. The number of nitrogens with one attached hydrogen (secondary N) is 1. The third-order valence-electron chi connectivity index (χ3n) is 0.475. The zero-order valence-corrected chi connectivity index (χ0v) is 3.01. The second-order valence-corrected chi connectivity index (χ2v) is 0.921. The van der Waals surface area contributed by atoms with Crippen LogP contribution in [0.2, 0.25) is 0 Å². The van der Waals surface area contributed by atoms with Gasteiger partial charge in [0.1, 0.15) is 0 Å². The summed E-state index contributed by atoms with van der Waals surface area (Å²) in [5.74, 6) is -0.144. The Morgan fingerprint density at radius 3 is 2.83 bits per heavy atom. The van der Waals surface area contributed by atoms with Crippen LogP contribution in [-0.2, 0) is 0 Å². The van der Waals surface area contributed by atoms with Crippen molar-refractivity contribution in [1.29, 1.82) is 0 Å². The topological polar surface area (TPSA) is 51.7 Å². The smallest absolute Gasteiger partial charge is 0.0480 e. The van der Waals surface area contributed by atoms with Crippen molar-refractivity contribution < 1.29 is 5.11 Å². The molecular weight excluding hydrogens is 80.0 g/mol. The van der Waals surface area contributed by atoms with E-state index in [1.807, 2.05) is 0 Å². The van der Waals surface area contributed by atoms with E-state index in [0.29, 0.717) is 0 Å². The molecule has 1 N–H and O–H groups in total. The third kappa shape index (κ3) is 0.337. The molecule has 1 aromatic rings. The molecule has 0 bridgehead atoms. The van der Waals surface area contributed by atoms with E-state index in [4.69, 9.17) is 0 Å². The lowest BCUT2D eigenvalue weighted by Crippen LogP contribution is -1.86. The van der Waals surface area contributed by atoms with Crippen LogP contribution >= 0.6 is 0 Å². The Labute approximate surface area is 34.6 Å². The highest BCUT2D eigenvalue weighted by molar-refractivity contribution is 4.98. The van der Waals surface area contributed by atoms with E-state index in [-0.39, 0.29) is 5.88 Å². The summed E-state index contributed by atoms with van der Waals surface area (Å²) >= 11 is 0. The maximum Gasteiger partial charge on any atom is 0.0480 e. The second-order valence-electron chi connectivity index (χ2n) is 0.921. The van der Waals surface area contributed by atoms with Crippen molar-refractivity contribution in [2.45, 2.75) is 0 Å². The number of hydrogen-bond donors (Lipinski definition) is 1. The predicted molar refractivity (Wildman–Crippen MR) is 18.0 cm³/mol. The number of aromatic amines is 1. The normalized spacial score (nSPS) is 8.67. The first kappa shape index (κ1) is 3.21. The maximum absolute atomic E-state index is 9.95. The number of nitrogens with zero attached hydrogens (tertiary/aromatic N) is 1. The fourth-order valence-corrected chi connectivity index (χ4v) is 0.243. The van der Waals surface area contributed by atoms with Gasteiger partial charge < -0.3 is 5.11 Å². The molecule has 0 saturated heterocycles. The highest BCUT2D eigenvalue weighted by Crippen LogP contribution is 1.88. The standard InChI is InChI=1S/C3H4N2O/c6-3-1-2-4-5-3/h1-2H,(H2,4,5,6)/p-1. The number of aromatic nitrogens is 2. The summed E-state index contributed by atoms with van der Waals surface area (Å²) in [6, 6.07) is 1.36. The fraction of sp³-hybridized carbons (Fsp3) is 0. The van der Waals surface area contributed by atoms with Crippen LogP contribution < -0.4 is 5.11 Å². The number of H-pyrrole nitrogens is 1. The molecule has 0 amide bonds. The van der Waals surface area contributed by atoms with Crippen molar-refractivity contribution >= 4 is 0 Å². The van der Waals surface area contributed by atoms with Crippen LogP contribution in [0.4, 0.5) is 0 Å². The zero-order chi connectivity index (χ0) is 4.41. The minimum atomic E-state index is -0.144. The third-order valence-corrected chi connectivity index (χ3v) is 0.475. The van der Waals surface area contributed by atoms with E-state index in [1.165, 1.54) is 12.3 Å². The van der Waals surface area contributed by atoms with Crippen LogP contribution in [0.3, 0.4) is 0 Å². The predicted octanol–water partition coefficient (Wildman–Crippen LogP) is -0.517. The summed E-state index contributed by atoms with van der Waals surface area (Å²) in [7, 11) is 0. The fourth-order valence-electron chi connectivity index (χ4n) is 0.243. The van der Waals surface area contributed by atoms with E-state index in [1.54, 1.807) is 0 Å². The Morgan fingerprint density at radius 1 is 1.83 bits per heavy atom. The van der Waals surface area contributed by atoms with Crippen molar-refractivity contribution in [3.05, 3.63) is 12.3 Å². The molecule has 6 heavy (non-hydrogen) atoms.